The second-order valence-electron chi connectivity index (χ2n) is 6.45. The summed E-state index contributed by atoms with van der Waals surface area (Å²) >= 11 is 0. The lowest BCUT2D eigenvalue weighted by Crippen LogP contribution is -2.43. The molecule has 1 amide bonds. The Morgan fingerprint density at radius 1 is 1.17 bits per heavy atom. The third-order valence-electron chi connectivity index (χ3n) is 4.58. The van der Waals surface area contributed by atoms with Crippen molar-refractivity contribution in [2.45, 2.75) is 32.1 Å². The van der Waals surface area contributed by atoms with Crippen LogP contribution in [-0.2, 0) is 19.1 Å². The fraction of sp³-hybridized carbons (Fsp3) is 0.294. The minimum Gasteiger partial charge on any atom is -0.329 e. The van der Waals surface area contributed by atoms with Crippen LogP contribution in [-0.4, -0.2) is 46.8 Å². The molecule has 3 aromatic rings. The molecule has 1 atom stereocenters. The Kier molecular flexibility index (Phi) is 4.47. The number of alkyl halides is 3. The van der Waals surface area contributed by atoms with Crippen molar-refractivity contribution < 1.29 is 22.4 Å². The number of carbonyl (C=O) groups excluding carboxylic acids is 1. The highest BCUT2D eigenvalue weighted by Gasteiger charge is 2.39. The number of aromatic nitrogens is 6. The van der Waals surface area contributed by atoms with E-state index in [1.165, 1.54) is 9.58 Å². The van der Waals surface area contributed by atoms with Gasteiger partial charge in [-0.1, -0.05) is 5.21 Å². The van der Waals surface area contributed by atoms with E-state index in [2.05, 4.69) is 25.3 Å². The van der Waals surface area contributed by atoms with Gasteiger partial charge in [0.05, 0.1) is 17.8 Å². The van der Waals surface area contributed by atoms with Crippen molar-refractivity contribution in [3.8, 4) is 5.95 Å². The van der Waals surface area contributed by atoms with Gasteiger partial charge in [0.25, 0.3) is 11.9 Å². The Morgan fingerprint density at radius 2 is 1.90 bits per heavy atom. The van der Waals surface area contributed by atoms with Crippen molar-refractivity contribution in [1.82, 2.24) is 34.8 Å². The van der Waals surface area contributed by atoms with Gasteiger partial charge in [0.15, 0.2) is 11.5 Å². The van der Waals surface area contributed by atoms with Crippen LogP contribution in [0.5, 0.6) is 0 Å². The average molecular weight is 406 g/mol. The van der Waals surface area contributed by atoms with Crippen molar-refractivity contribution in [3.63, 3.8) is 0 Å². The first-order valence-electron chi connectivity index (χ1n) is 8.51. The van der Waals surface area contributed by atoms with Crippen LogP contribution in [0, 0.1) is 5.82 Å². The zero-order valence-corrected chi connectivity index (χ0v) is 14.9. The summed E-state index contributed by atoms with van der Waals surface area (Å²) in [5.74, 6) is -2.26. The molecule has 0 aliphatic carbocycles. The number of hydrogen-bond donors (Lipinski definition) is 0. The van der Waals surface area contributed by atoms with Crippen LogP contribution in [0.4, 0.5) is 17.6 Å². The number of halogens is 4. The Morgan fingerprint density at radius 3 is 2.59 bits per heavy atom. The molecule has 0 radical (unpaired) electrons. The van der Waals surface area contributed by atoms with Gasteiger partial charge < -0.3 is 4.90 Å². The number of carbonyl (C=O) groups is 1. The van der Waals surface area contributed by atoms with Crippen molar-refractivity contribution in [1.29, 1.82) is 0 Å². The van der Waals surface area contributed by atoms with Crippen molar-refractivity contribution >= 4 is 5.91 Å². The summed E-state index contributed by atoms with van der Waals surface area (Å²) in [5.41, 5.74) is -1.30. The van der Waals surface area contributed by atoms with Gasteiger partial charge in [-0.15, -0.1) is 5.10 Å². The van der Waals surface area contributed by atoms with Gasteiger partial charge in [-0.25, -0.2) is 19.3 Å². The largest absolute Gasteiger partial charge is 0.436 e. The van der Waals surface area contributed by atoms with Crippen LogP contribution in [0.1, 0.15) is 34.4 Å². The van der Waals surface area contributed by atoms with Gasteiger partial charge in [0.2, 0.25) is 0 Å². The molecule has 0 N–H and O–H groups in total. The normalized spacial score (nSPS) is 16.6. The zero-order chi connectivity index (χ0) is 20.8. The molecular weight excluding hydrogens is 393 g/mol. The molecule has 0 saturated carbocycles. The van der Waals surface area contributed by atoms with Crippen LogP contribution in [0.25, 0.3) is 5.95 Å². The first-order chi connectivity index (χ1) is 13.8. The maximum atomic E-state index is 14.3. The summed E-state index contributed by atoms with van der Waals surface area (Å²) in [4.78, 5) is 25.3. The van der Waals surface area contributed by atoms with E-state index in [0.717, 1.165) is 12.3 Å². The third kappa shape index (κ3) is 3.30. The van der Waals surface area contributed by atoms with Gasteiger partial charge in [0, 0.05) is 31.1 Å². The van der Waals surface area contributed by atoms with E-state index < -0.39 is 35.2 Å². The molecule has 4 rings (SSSR count). The Bertz CT molecular complexity index is 1070. The number of amides is 1. The summed E-state index contributed by atoms with van der Waals surface area (Å²) in [6.07, 6.45) is -0.849. The fourth-order valence-electron chi connectivity index (χ4n) is 3.16. The van der Waals surface area contributed by atoms with Crippen molar-refractivity contribution in [2.24, 2.45) is 0 Å². The number of hydrogen-bond acceptors (Lipinski definition) is 6. The highest BCUT2D eigenvalue weighted by atomic mass is 19.4. The quantitative estimate of drug-likeness (QED) is 0.606. The van der Waals surface area contributed by atoms with E-state index >= 15 is 0 Å². The summed E-state index contributed by atoms with van der Waals surface area (Å²) in [6.45, 7) is 1.67. The summed E-state index contributed by atoms with van der Waals surface area (Å²) in [6, 6.07) is 2.14. The molecule has 8 nitrogen and oxygen atoms in total. The van der Waals surface area contributed by atoms with Crippen LogP contribution in [0.3, 0.4) is 0 Å². The Labute approximate surface area is 161 Å². The molecule has 0 unspecified atom stereocenters. The van der Waals surface area contributed by atoms with Crippen LogP contribution < -0.4 is 0 Å². The van der Waals surface area contributed by atoms with E-state index in [0.29, 0.717) is 23.8 Å². The van der Waals surface area contributed by atoms with Gasteiger partial charge >= 0.3 is 6.18 Å². The lowest BCUT2D eigenvalue weighted by atomic mass is 10.0. The predicted octanol–water partition coefficient (Wildman–Crippen LogP) is 2.20. The first-order valence-corrected chi connectivity index (χ1v) is 8.51. The minimum atomic E-state index is -5.00. The number of fused-ring (bicyclic) bond motifs is 1. The summed E-state index contributed by atoms with van der Waals surface area (Å²) in [5, 5.41) is 8.03. The molecule has 0 fully saturated rings. The summed E-state index contributed by atoms with van der Waals surface area (Å²) in [7, 11) is 0. The molecule has 150 valence electrons. The molecule has 4 heterocycles. The van der Waals surface area contributed by atoms with E-state index in [-0.39, 0.29) is 6.54 Å². The maximum absolute atomic E-state index is 14.3. The predicted molar refractivity (Wildman–Crippen MR) is 89.2 cm³/mol. The van der Waals surface area contributed by atoms with E-state index in [9.17, 15) is 22.4 Å². The average Bonchev–Trinajstić information content (AvgIpc) is 3.09. The monoisotopic (exact) mass is 406 g/mol. The first kappa shape index (κ1) is 18.9. The SMILES string of the molecule is C[C@H]1Cc2c(nnn2-c2ncccn2)CN1C(=O)c1ccnc(C(F)(F)F)c1[18F]. The Hall–Kier alpha value is -3.44. The number of rotatable bonds is 2. The van der Waals surface area contributed by atoms with E-state index in [4.69, 9.17) is 0 Å². The van der Waals surface area contributed by atoms with Crippen LogP contribution >= 0.6 is 0 Å². The molecule has 1 aliphatic heterocycles. The highest BCUT2D eigenvalue weighted by Crippen LogP contribution is 2.32. The topological polar surface area (TPSA) is 89.7 Å². The molecular formula is C17H13F4N7O. The van der Waals surface area contributed by atoms with Crippen LogP contribution in [0.15, 0.2) is 30.7 Å². The van der Waals surface area contributed by atoms with Gasteiger partial charge in [-0.3, -0.25) is 4.79 Å². The van der Waals surface area contributed by atoms with E-state index in [1.807, 2.05) is 0 Å². The fourth-order valence-corrected chi connectivity index (χ4v) is 3.16. The Balaban J connectivity index is 1.66. The molecule has 12 heteroatoms. The molecule has 0 saturated heterocycles. The number of nitrogens with zero attached hydrogens (tertiary/aromatic N) is 7. The van der Waals surface area contributed by atoms with Crippen molar-refractivity contribution in [3.05, 3.63) is 59.2 Å². The second-order valence-corrected chi connectivity index (χ2v) is 6.45. The molecule has 0 bridgehead atoms. The maximum Gasteiger partial charge on any atom is 0.436 e. The molecule has 3 aromatic heterocycles. The molecule has 1 aliphatic rings. The highest BCUT2D eigenvalue weighted by molar-refractivity contribution is 5.95. The van der Waals surface area contributed by atoms with Crippen LogP contribution in [0.2, 0.25) is 0 Å². The molecule has 29 heavy (non-hydrogen) atoms. The van der Waals surface area contributed by atoms with Gasteiger partial charge in [-0.2, -0.15) is 17.9 Å². The van der Waals surface area contributed by atoms with E-state index in [1.54, 1.807) is 25.4 Å². The lowest BCUT2D eigenvalue weighted by molar-refractivity contribution is -0.143. The third-order valence-corrected chi connectivity index (χ3v) is 4.58. The smallest absolute Gasteiger partial charge is 0.329 e. The standard InChI is InChI=1S/C17H13F4N7O/c1-9-7-12-11(25-26-28(12)16-23-4-2-5-24-16)8-27(9)15(29)10-3-6-22-14(13(10)18)17(19,20)21/h2-6,9H,7-8H2,1H3/t9-/m0/s1/i18-1. The summed E-state index contributed by atoms with van der Waals surface area (Å²) < 4.78 is 54.5. The zero-order valence-electron chi connectivity index (χ0n) is 14.9. The minimum absolute atomic E-state index is 0.0364. The number of pyridine rings is 1. The molecule has 0 aromatic carbocycles. The lowest BCUT2D eigenvalue weighted by Gasteiger charge is -2.33. The van der Waals surface area contributed by atoms with Gasteiger partial charge in [0.1, 0.15) is 5.69 Å². The molecule has 0 spiro atoms. The van der Waals surface area contributed by atoms with Gasteiger partial charge in [-0.05, 0) is 19.1 Å². The van der Waals surface area contributed by atoms with Crippen molar-refractivity contribution in [2.75, 3.05) is 0 Å². The second kappa shape index (κ2) is 6.87.